The van der Waals surface area contributed by atoms with Gasteiger partial charge in [-0.05, 0) is 37.1 Å². The van der Waals surface area contributed by atoms with Crippen LogP contribution in [0.3, 0.4) is 0 Å². The highest BCUT2D eigenvalue weighted by atomic mass is 79.9. The first-order chi connectivity index (χ1) is 9.40. The summed E-state index contributed by atoms with van der Waals surface area (Å²) in [7, 11) is -3.56. The maximum Gasteiger partial charge on any atom is 0.240 e. The summed E-state index contributed by atoms with van der Waals surface area (Å²) in [5.41, 5.74) is 6.91. The molecular weight excluding hydrogens is 344 g/mol. The van der Waals surface area contributed by atoms with Crippen molar-refractivity contribution in [3.63, 3.8) is 0 Å². The van der Waals surface area contributed by atoms with Gasteiger partial charge < -0.3 is 10.5 Å². The Kier molecular flexibility index (Phi) is 3.66. The number of hydrogen-bond acceptors (Lipinski definition) is 4. The van der Waals surface area contributed by atoms with Gasteiger partial charge in [0.1, 0.15) is 0 Å². The van der Waals surface area contributed by atoms with Gasteiger partial charge >= 0.3 is 0 Å². The largest absolute Gasteiger partial charge is 0.376 e. The molecule has 1 aliphatic heterocycles. The first-order valence-electron chi connectivity index (χ1n) is 6.56. The van der Waals surface area contributed by atoms with Gasteiger partial charge in [-0.1, -0.05) is 15.9 Å². The molecule has 0 radical (unpaired) electrons. The molecule has 2 aliphatic rings. The van der Waals surface area contributed by atoms with Gasteiger partial charge in [-0.3, -0.25) is 0 Å². The fourth-order valence-corrected chi connectivity index (χ4v) is 4.54. The molecule has 1 saturated heterocycles. The minimum Gasteiger partial charge on any atom is -0.376 e. The molecule has 1 saturated carbocycles. The van der Waals surface area contributed by atoms with E-state index in [4.69, 9.17) is 10.5 Å². The lowest BCUT2D eigenvalue weighted by atomic mass is 9.73. The Morgan fingerprint density at radius 1 is 1.45 bits per heavy atom. The number of nitrogens with two attached hydrogens (primary N) is 1. The summed E-state index contributed by atoms with van der Waals surface area (Å²) in [6, 6.07) is 4.48. The van der Waals surface area contributed by atoms with E-state index in [0.717, 1.165) is 16.5 Å². The number of fused-ring (bicyclic) bond motifs is 1. The molecule has 20 heavy (non-hydrogen) atoms. The molecule has 1 aliphatic carbocycles. The molecule has 5 nitrogen and oxygen atoms in total. The van der Waals surface area contributed by atoms with Crippen LogP contribution in [0.15, 0.2) is 27.6 Å². The lowest BCUT2D eigenvalue weighted by molar-refractivity contribution is -0.00924. The normalized spacial score (nSPS) is 32.8. The van der Waals surface area contributed by atoms with Gasteiger partial charge in [0.05, 0.1) is 17.0 Å². The summed E-state index contributed by atoms with van der Waals surface area (Å²) < 4.78 is 33.9. The van der Waals surface area contributed by atoms with Crippen molar-refractivity contribution >= 4 is 26.0 Å². The second-order valence-electron chi connectivity index (χ2n) is 5.42. The van der Waals surface area contributed by atoms with Crippen LogP contribution in [-0.4, -0.2) is 33.2 Å². The van der Waals surface area contributed by atoms with Crippen molar-refractivity contribution in [2.24, 2.45) is 11.7 Å². The molecule has 1 aromatic rings. The third-order valence-corrected chi connectivity index (χ3v) is 6.52. The van der Waals surface area contributed by atoms with E-state index in [1.807, 2.05) is 6.92 Å². The van der Waals surface area contributed by atoms with Crippen LogP contribution in [0.25, 0.3) is 0 Å². The number of halogens is 1. The second-order valence-corrected chi connectivity index (χ2v) is 7.99. The van der Waals surface area contributed by atoms with Crippen molar-refractivity contribution in [2.45, 2.75) is 36.4 Å². The third kappa shape index (κ3) is 2.31. The summed E-state index contributed by atoms with van der Waals surface area (Å²) in [6.45, 7) is 2.52. The molecule has 3 N–H and O–H groups in total. The molecule has 110 valence electrons. The summed E-state index contributed by atoms with van der Waals surface area (Å²) in [6.07, 6.45) is 0.845. The number of nitrogens with one attached hydrogen (secondary N) is 1. The summed E-state index contributed by atoms with van der Waals surface area (Å²) in [5, 5.41) is 0. The monoisotopic (exact) mass is 360 g/mol. The van der Waals surface area contributed by atoms with E-state index in [9.17, 15) is 8.42 Å². The van der Waals surface area contributed by atoms with Crippen LogP contribution in [0.2, 0.25) is 0 Å². The highest BCUT2D eigenvalue weighted by molar-refractivity contribution is 9.10. The van der Waals surface area contributed by atoms with Gasteiger partial charge in [0, 0.05) is 23.0 Å². The molecule has 2 fully saturated rings. The predicted octanol–water partition coefficient (Wildman–Crippen LogP) is 1.15. The standard InChI is InChI=1S/C13H17BrN2O3S/c1-7-6-8(2-3-10(7)14)20(17,18)16-12-11(15)9-4-5-19-13(9)12/h2-3,6,9,11-13,16H,4-5,15H2,1H3. The maximum atomic E-state index is 12.4. The fourth-order valence-electron chi connectivity index (χ4n) is 2.93. The molecule has 4 atom stereocenters. The van der Waals surface area contributed by atoms with E-state index >= 15 is 0 Å². The van der Waals surface area contributed by atoms with Crippen LogP contribution < -0.4 is 10.5 Å². The zero-order valence-electron chi connectivity index (χ0n) is 11.0. The van der Waals surface area contributed by atoms with Gasteiger partial charge in [0.2, 0.25) is 10.0 Å². The Morgan fingerprint density at radius 3 is 2.90 bits per heavy atom. The fraction of sp³-hybridized carbons (Fsp3) is 0.538. The smallest absolute Gasteiger partial charge is 0.240 e. The molecule has 0 amide bonds. The van der Waals surface area contributed by atoms with E-state index in [1.165, 1.54) is 0 Å². The van der Waals surface area contributed by atoms with Crippen LogP contribution in [-0.2, 0) is 14.8 Å². The second kappa shape index (κ2) is 5.06. The zero-order chi connectivity index (χ0) is 14.5. The minimum absolute atomic E-state index is 0.0729. The highest BCUT2D eigenvalue weighted by Crippen LogP contribution is 2.38. The Hall–Kier alpha value is -0.470. The summed E-state index contributed by atoms with van der Waals surface area (Å²) >= 11 is 3.36. The summed E-state index contributed by atoms with van der Waals surface area (Å²) in [5.74, 6) is 0.286. The average Bonchev–Trinajstić information content (AvgIpc) is 2.84. The Labute approximate surface area is 127 Å². The third-order valence-electron chi connectivity index (χ3n) is 4.18. The number of ether oxygens (including phenoxy) is 1. The average molecular weight is 361 g/mol. The predicted molar refractivity (Wildman–Crippen MR) is 78.8 cm³/mol. The molecule has 1 heterocycles. The van der Waals surface area contributed by atoms with Crippen molar-refractivity contribution in [3.05, 3.63) is 28.2 Å². The van der Waals surface area contributed by atoms with Crippen molar-refractivity contribution in [1.29, 1.82) is 0 Å². The first-order valence-corrected chi connectivity index (χ1v) is 8.83. The Bertz CT molecular complexity index is 635. The number of benzene rings is 1. The minimum atomic E-state index is -3.56. The van der Waals surface area contributed by atoms with E-state index < -0.39 is 10.0 Å². The van der Waals surface area contributed by atoms with Crippen LogP contribution >= 0.6 is 15.9 Å². The van der Waals surface area contributed by atoms with Crippen molar-refractivity contribution in [3.8, 4) is 0 Å². The number of hydrogen-bond donors (Lipinski definition) is 2. The quantitative estimate of drug-likeness (QED) is 0.846. The summed E-state index contributed by atoms with van der Waals surface area (Å²) in [4.78, 5) is 0.256. The topological polar surface area (TPSA) is 81.4 Å². The van der Waals surface area contributed by atoms with Crippen molar-refractivity contribution < 1.29 is 13.2 Å². The van der Waals surface area contributed by atoms with Gasteiger partial charge in [0.25, 0.3) is 0 Å². The van der Waals surface area contributed by atoms with Gasteiger partial charge in [-0.2, -0.15) is 0 Å². The molecular formula is C13H17BrN2O3S. The molecule has 0 aromatic heterocycles. The molecule has 4 unspecified atom stereocenters. The van der Waals surface area contributed by atoms with E-state index in [0.29, 0.717) is 6.61 Å². The first kappa shape index (κ1) is 14.5. The maximum absolute atomic E-state index is 12.4. The molecule has 3 rings (SSSR count). The van der Waals surface area contributed by atoms with Crippen LogP contribution in [0.5, 0.6) is 0 Å². The molecule has 0 bridgehead atoms. The molecule has 1 aromatic carbocycles. The number of sulfonamides is 1. The number of aryl methyl sites for hydroxylation is 1. The Balaban J connectivity index is 1.80. The van der Waals surface area contributed by atoms with Crippen molar-refractivity contribution in [2.75, 3.05) is 6.61 Å². The SMILES string of the molecule is Cc1cc(S(=O)(=O)NC2C(N)C3CCOC32)ccc1Br. The van der Waals surface area contributed by atoms with Gasteiger partial charge in [-0.25, -0.2) is 13.1 Å². The van der Waals surface area contributed by atoms with Gasteiger partial charge in [-0.15, -0.1) is 0 Å². The highest BCUT2D eigenvalue weighted by Gasteiger charge is 2.53. The lowest BCUT2D eigenvalue weighted by Crippen LogP contribution is -2.68. The van der Waals surface area contributed by atoms with Gasteiger partial charge in [0.15, 0.2) is 0 Å². The number of rotatable bonds is 3. The van der Waals surface area contributed by atoms with Crippen LogP contribution in [0.1, 0.15) is 12.0 Å². The molecule has 0 spiro atoms. The van der Waals surface area contributed by atoms with Crippen LogP contribution in [0.4, 0.5) is 0 Å². The zero-order valence-corrected chi connectivity index (χ0v) is 13.4. The molecule has 7 heteroatoms. The van der Waals surface area contributed by atoms with E-state index in [1.54, 1.807) is 18.2 Å². The Morgan fingerprint density at radius 2 is 2.20 bits per heavy atom. The van der Waals surface area contributed by atoms with E-state index in [-0.39, 0.29) is 29.0 Å². The lowest BCUT2D eigenvalue weighted by Gasteiger charge is -2.45. The van der Waals surface area contributed by atoms with Crippen molar-refractivity contribution in [1.82, 2.24) is 4.72 Å². The van der Waals surface area contributed by atoms with E-state index in [2.05, 4.69) is 20.7 Å². The van der Waals surface area contributed by atoms with Crippen LogP contribution in [0, 0.1) is 12.8 Å².